The van der Waals surface area contributed by atoms with E-state index in [2.05, 4.69) is 17.4 Å². The summed E-state index contributed by atoms with van der Waals surface area (Å²) in [5.41, 5.74) is 7.31. The van der Waals surface area contributed by atoms with Crippen molar-refractivity contribution in [1.82, 2.24) is 5.32 Å². The van der Waals surface area contributed by atoms with E-state index in [-0.39, 0.29) is 18.2 Å². The Hall–Kier alpha value is -0.900. The van der Waals surface area contributed by atoms with Gasteiger partial charge in [-0.05, 0) is 5.56 Å². The van der Waals surface area contributed by atoms with E-state index in [1.54, 1.807) is 7.11 Å². The van der Waals surface area contributed by atoms with Crippen molar-refractivity contribution in [2.75, 3.05) is 13.7 Å². The fourth-order valence-corrected chi connectivity index (χ4v) is 1.97. The minimum atomic E-state index is 0.0439. The van der Waals surface area contributed by atoms with Crippen molar-refractivity contribution in [2.45, 2.75) is 18.2 Å². The number of rotatable bonds is 2. The summed E-state index contributed by atoms with van der Waals surface area (Å²) in [4.78, 5) is 0. The van der Waals surface area contributed by atoms with Crippen molar-refractivity contribution in [3.8, 4) is 0 Å². The van der Waals surface area contributed by atoms with Gasteiger partial charge in [-0.2, -0.15) is 0 Å². The molecule has 0 aromatic heterocycles. The van der Waals surface area contributed by atoms with Crippen LogP contribution in [0.1, 0.15) is 11.6 Å². The lowest BCUT2D eigenvalue weighted by molar-refractivity contribution is 0.103. The van der Waals surface area contributed by atoms with Crippen LogP contribution in [-0.2, 0) is 4.74 Å². The van der Waals surface area contributed by atoms with Crippen molar-refractivity contribution in [3.63, 3.8) is 0 Å². The summed E-state index contributed by atoms with van der Waals surface area (Å²) in [7, 11) is 1.71. The van der Waals surface area contributed by atoms with Crippen LogP contribution < -0.4 is 11.1 Å². The fraction of sp³-hybridized carbons (Fsp3) is 0.455. The highest BCUT2D eigenvalue weighted by atomic mass is 16.5. The highest BCUT2D eigenvalue weighted by Gasteiger charge is 2.33. The molecule has 1 aliphatic heterocycles. The van der Waals surface area contributed by atoms with Crippen molar-refractivity contribution in [1.29, 1.82) is 0 Å². The first-order chi connectivity index (χ1) is 6.83. The Labute approximate surface area is 84.3 Å². The maximum atomic E-state index is 6.08. The number of hydrogen-bond acceptors (Lipinski definition) is 3. The van der Waals surface area contributed by atoms with Crippen molar-refractivity contribution >= 4 is 0 Å². The molecule has 1 saturated heterocycles. The lowest BCUT2D eigenvalue weighted by Gasteiger charge is -2.18. The molecule has 0 radical (unpaired) electrons. The van der Waals surface area contributed by atoms with Crippen LogP contribution in [0, 0.1) is 0 Å². The minimum absolute atomic E-state index is 0.0439. The monoisotopic (exact) mass is 192 g/mol. The van der Waals surface area contributed by atoms with Gasteiger partial charge in [0.2, 0.25) is 0 Å². The minimum Gasteiger partial charge on any atom is -0.378 e. The van der Waals surface area contributed by atoms with E-state index >= 15 is 0 Å². The van der Waals surface area contributed by atoms with E-state index in [0.717, 1.165) is 6.54 Å². The van der Waals surface area contributed by atoms with Gasteiger partial charge in [0.1, 0.15) is 0 Å². The summed E-state index contributed by atoms with van der Waals surface area (Å²) in [6.07, 6.45) is 0.125. The van der Waals surface area contributed by atoms with Gasteiger partial charge in [0, 0.05) is 13.7 Å². The molecule has 76 valence electrons. The molecule has 0 amide bonds. The Kier molecular flexibility index (Phi) is 2.82. The van der Waals surface area contributed by atoms with Gasteiger partial charge in [-0.1, -0.05) is 30.3 Å². The highest BCUT2D eigenvalue weighted by Crippen LogP contribution is 2.23. The fourth-order valence-electron chi connectivity index (χ4n) is 1.97. The van der Waals surface area contributed by atoms with E-state index in [0.29, 0.717) is 0 Å². The molecular formula is C11H16N2O. The molecule has 0 saturated carbocycles. The average molecular weight is 192 g/mol. The smallest absolute Gasteiger partial charge is 0.0865 e. The number of ether oxygens (including phenoxy) is 1. The van der Waals surface area contributed by atoms with E-state index in [1.807, 2.05) is 18.2 Å². The first kappa shape index (κ1) is 9.65. The number of methoxy groups -OCH3 is 1. The van der Waals surface area contributed by atoms with Gasteiger partial charge in [0.25, 0.3) is 0 Å². The summed E-state index contributed by atoms with van der Waals surface area (Å²) in [6, 6.07) is 10.5. The third-order valence-corrected chi connectivity index (χ3v) is 2.81. The van der Waals surface area contributed by atoms with Gasteiger partial charge in [0.15, 0.2) is 0 Å². The molecule has 0 bridgehead atoms. The lowest BCUT2D eigenvalue weighted by atomic mass is 10.0. The van der Waals surface area contributed by atoms with E-state index in [9.17, 15) is 0 Å². The molecule has 1 aromatic carbocycles. The average Bonchev–Trinajstić information content (AvgIpc) is 2.61. The van der Waals surface area contributed by atoms with Crippen LogP contribution in [-0.4, -0.2) is 25.8 Å². The van der Waals surface area contributed by atoms with Crippen molar-refractivity contribution in [3.05, 3.63) is 35.9 Å². The second kappa shape index (κ2) is 4.09. The first-order valence-electron chi connectivity index (χ1n) is 4.89. The van der Waals surface area contributed by atoms with Gasteiger partial charge in [-0.3, -0.25) is 0 Å². The zero-order valence-corrected chi connectivity index (χ0v) is 8.31. The standard InChI is InChI=1S/C11H16N2O/c1-14-9-7-13-11(10(9)12)8-5-3-2-4-6-8/h2-6,9-11,13H,7,12H2,1H3. The van der Waals surface area contributed by atoms with Crippen LogP contribution in [0.4, 0.5) is 0 Å². The Morgan fingerprint density at radius 2 is 2.07 bits per heavy atom. The van der Waals surface area contributed by atoms with Crippen LogP contribution in [0.3, 0.4) is 0 Å². The van der Waals surface area contributed by atoms with Crippen molar-refractivity contribution in [2.24, 2.45) is 5.73 Å². The molecule has 14 heavy (non-hydrogen) atoms. The summed E-state index contributed by atoms with van der Waals surface area (Å²) in [5, 5.41) is 3.37. The molecule has 0 aliphatic carbocycles. The second-order valence-corrected chi connectivity index (χ2v) is 3.65. The molecule has 1 aliphatic rings. The number of hydrogen-bond donors (Lipinski definition) is 2. The van der Waals surface area contributed by atoms with Crippen LogP contribution in [0.15, 0.2) is 30.3 Å². The molecule has 2 rings (SSSR count). The van der Waals surface area contributed by atoms with E-state index in [1.165, 1.54) is 5.56 Å². The van der Waals surface area contributed by atoms with Gasteiger partial charge >= 0.3 is 0 Å². The molecule has 0 spiro atoms. The number of nitrogens with one attached hydrogen (secondary N) is 1. The molecule has 3 unspecified atom stereocenters. The van der Waals surface area contributed by atoms with E-state index < -0.39 is 0 Å². The molecule has 1 aromatic rings. The molecular weight excluding hydrogens is 176 g/mol. The maximum Gasteiger partial charge on any atom is 0.0865 e. The third kappa shape index (κ3) is 1.66. The molecule has 3 nitrogen and oxygen atoms in total. The van der Waals surface area contributed by atoms with E-state index in [4.69, 9.17) is 10.5 Å². The van der Waals surface area contributed by atoms with Gasteiger partial charge in [-0.25, -0.2) is 0 Å². The first-order valence-corrected chi connectivity index (χ1v) is 4.89. The van der Waals surface area contributed by atoms with Gasteiger partial charge in [0.05, 0.1) is 18.2 Å². The number of benzene rings is 1. The van der Waals surface area contributed by atoms with Crippen LogP contribution >= 0.6 is 0 Å². The zero-order valence-electron chi connectivity index (χ0n) is 8.31. The second-order valence-electron chi connectivity index (χ2n) is 3.65. The van der Waals surface area contributed by atoms with Crippen LogP contribution in [0.5, 0.6) is 0 Å². The van der Waals surface area contributed by atoms with Crippen LogP contribution in [0.2, 0.25) is 0 Å². The molecule has 3 atom stereocenters. The maximum absolute atomic E-state index is 6.08. The molecule has 3 N–H and O–H groups in total. The Morgan fingerprint density at radius 1 is 1.36 bits per heavy atom. The van der Waals surface area contributed by atoms with Gasteiger partial charge in [-0.15, -0.1) is 0 Å². The van der Waals surface area contributed by atoms with Crippen LogP contribution in [0.25, 0.3) is 0 Å². The normalized spacial score (nSPS) is 32.0. The SMILES string of the molecule is COC1CNC(c2ccccc2)C1N. The Morgan fingerprint density at radius 3 is 2.64 bits per heavy atom. The number of nitrogens with two attached hydrogens (primary N) is 1. The van der Waals surface area contributed by atoms with Crippen molar-refractivity contribution < 1.29 is 4.74 Å². The summed E-state index contributed by atoms with van der Waals surface area (Å²) >= 11 is 0. The summed E-state index contributed by atoms with van der Waals surface area (Å²) in [6.45, 7) is 0.831. The highest BCUT2D eigenvalue weighted by molar-refractivity contribution is 5.22. The zero-order chi connectivity index (χ0) is 9.97. The topological polar surface area (TPSA) is 47.3 Å². The van der Waals surface area contributed by atoms with Gasteiger partial charge < -0.3 is 15.8 Å². The molecule has 1 heterocycles. The lowest BCUT2D eigenvalue weighted by Crippen LogP contribution is -2.36. The molecule has 1 fully saturated rings. The largest absolute Gasteiger partial charge is 0.378 e. The summed E-state index contributed by atoms with van der Waals surface area (Å²) < 4.78 is 5.29. The Bertz CT molecular complexity index is 289. The predicted octanol–water partition coefficient (Wildman–Crippen LogP) is 0.673. The third-order valence-electron chi connectivity index (χ3n) is 2.81. The molecule has 3 heteroatoms. The summed E-state index contributed by atoms with van der Waals surface area (Å²) in [5.74, 6) is 0. The Balaban J connectivity index is 2.14. The predicted molar refractivity (Wildman–Crippen MR) is 56.0 cm³/mol. The quantitative estimate of drug-likeness (QED) is 0.724.